The van der Waals surface area contributed by atoms with Crippen LogP contribution in [0.15, 0.2) is 47.4 Å². The summed E-state index contributed by atoms with van der Waals surface area (Å²) < 4.78 is 1.46. The van der Waals surface area contributed by atoms with E-state index in [0.717, 1.165) is 0 Å². The fraction of sp³-hybridized carbons (Fsp3) is 0.250. The number of benzene rings is 1. The van der Waals surface area contributed by atoms with Crippen molar-refractivity contribution in [3.63, 3.8) is 0 Å². The zero-order valence-corrected chi connectivity index (χ0v) is 12.8. The second kappa shape index (κ2) is 9.26. The van der Waals surface area contributed by atoms with Gasteiger partial charge in [0.05, 0.1) is 12.3 Å². The lowest BCUT2D eigenvalue weighted by Gasteiger charge is -2.11. The maximum Gasteiger partial charge on any atom is 0.240 e. The molecule has 2 rings (SSSR count). The molecule has 0 radical (unpaired) electrons. The maximum absolute atomic E-state index is 11.3. The summed E-state index contributed by atoms with van der Waals surface area (Å²) >= 11 is 0. The summed E-state index contributed by atoms with van der Waals surface area (Å²) in [5.74, 6) is -0.319. The fourth-order valence-corrected chi connectivity index (χ4v) is 1.67. The smallest absolute Gasteiger partial charge is 0.240 e. The van der Waals surface area contributed by atoms with Crippen LogP contribution in [0, 0.1) is 6.92 Å². The van der Waals surface area contributed by atoms with Gasteiger partial charge in [-0.3, -0.25) is 9.59 Å². The number of nitrogens with zero attached hydrogens (tertiary/aromatic N) is 1. The first-order valence-electron chi connectivity index (χ1n) is 6.96. The van der Waals surface area contributed by atoms with E-state index < -0.39 is 5.43 Å². The number of aromatic hydroxyl groups is 2. The van der Waals surface area contributed by atoms with Crippen LogP contribution in [0.2, 0.25) is 0 Å². The molecule has 0 atom stereocenters. The molecule has 124 valence electrons. The summed E-state index contributed by atoms with van der Waals surface area (Å²) in [6.45, 7) is 1.61. The minimum atomic E-state index is -0.468. The van der Waals surface area contributed by atoms with E-state index in [0.29, 0.717) is 11.4 Å². The van der Waals surface area contributed by atoms with Gasteiger partial charge in [-0.05, 0) is 19.1 Å². The predicted molar refractivity (Wildman–Crippen MR) is 85.3 cm³/mol. The van der Waals surface area contributed by atoms with E-state index in [1.165, 1.54) is 16.8 Å². The Hall–Kier alpha value is -2.80. The van der Waals surface area contributed by atoms with Crippen molar-refractivity contribution in [2.24, 2.45) is 0 Å². The molecular weight excluding hydrogens is 300 g/mol. The monoisotopic (exact) mass is 320 g/mol. The third-order valence-corrected chi connectivity index (χ3v) is 2.92. The maximum atomic E-state index is 11.3. The number of aliphatic hydroxyl groups excluding tert-OH is 1. The number of phenols is 1. The highest BCUT2D eigenvalue weighted by molar-refractivity contribution is 5.75. The third-order valence-electron chi connectivity index (χ3n) is 2.92. The van der Waals surface area contributed by atoms with Crippen LogP contribution in [-0.4, -0.2) is 38.9 Å². The second-order valence-corrected chi connectivity index (χ2v) is 4.65. The van der Waals surface area contributed by atoms with Crippen molar-refractivity contribution in [1.82, 2.24) is 9.88 Å². The van der Waals surface area contributed by atoms with E-state index in [1.807, 2.05) is 6.07 Å². The van der Waals surface area contributed by atoms with Gasteiger partial charge in [0.2, 0.25) is 11.3 Å². The number of pyridine rings is 1. The molecule has 7 heteroatoms. The molecule has 0 fully saturated rings. The summed E-state index contributed by atoms with van der Waals surface area (Å²) in [6, 6.07) is 9.91. The summed E-state index contributed by atoms with van der Waals surface area (Å²) in [5.41, 5.74) is -0.129. The molecule has 0 saturated heterocycles. The van der Waals surface area contributed by atoms with Gasteiger partial charge in [-0.1, -0.05) is 18.2 Å². The number of carbonyl (C=O) groups is 1. The van der Waals surface area contributed by atoms with Crippen molar-refractivity contribution in [3.05, 3.63) is 58.5 Å². The van der Waals surface area contributed by atoms with Crippen molar-refractivity contribution in [1.29, 1.82) is 0 Å². The van der Waals surface area contributed by atoms with Crippen molar-refractivity contribution in [2.75, 3.05) is 13.2 Å². The second-order valence-electron chi connectivity index (χ2n) is 4.65. The normalized spacial score (nSPS) is 9.65. The molecule has 1 amide bonds. The number of phenolic OH excluding ortho intramolecular Hbond substituents is 1. The molecule has 4 N–H and O–H groups in total. The number of carbonyl (C=O) groups excluding carboxylic acids is 1. The van der Waals surface area contributed by atoms with Crippen molar-refractivity contribution >= 4 is 5.91 Å². The van der Waals surface area contributed by atoms with Gasteiger partial charge >= 0.3 is 0 Å². The zero-order valence-electron chi connectivity index (χ0n) is 12.8. The number of nitrogens with one attached hydrogen (secondary N) is 1. The fourth-order valence-electron chi connectivity index (χ4n) is 1.67. The van der Waals surface area contributed by atoms with Gasteiger partial charge in [0, 0.05) is 18.8 Å². The number of aliphatic hydroxyl groups is 1. The first kappa shape index (κ1) is 18.2. The van der Waals surface area contributed by atoms with Crippen LogP contribution in [0.3, 0.4) is 0 Å². The van der Waals surface area contributed by atoms with Gasteiger partial charge < -0.3 is 25.2 Å². The number of amides is 1. The SMILES string of the molecule is Cc1c(O)c(=O)ccn1CC(=O)NCCO.Oc1ccccc1. The van der Waals surface area contributed by atoms with E-state index in [2.05, 4.69) is 5.32 Å². The zero-order chi connectivity index (χ0) is 17.2. The number of hydrogen-bond acceptors (Lipinski definition) is 5. The Kier molecular flexibility index (Phi) is 7.35. The molecule has 0 aliphatic heterocycles. The lowest BCUT2D eigenvalue weighted by Crippen LogP contribution is -2.30. The van der Waals surface area contributed by atoms with Gasteiger partial charge in [-0.15, -0.1) is 0 Å². The Morgan fingerprint density at radius 1 is 1.17 bits per heavy atom. The van der Waals surface area contributed by atoms with E-state index in [1.54, 1.807) is 31.2 Å². The van der Waals surface area contributed by atoms with E-state index >= 15 is 0 Å². The van der Waals surface area contributed by atoms with Crippen molar-refractivity contribution in [3.8, 4) is 11.5 Å². The summed E-state index contributed by atoms with van der Waals surface area (Å²) in [7, 11) is 0. The minimum Gasteiger partial charge on any atom is -0.508 e. The number of aromatic nitrogens is 1. The molecule has 1 aromatic heterocycles. The van der Waals surface area contributed by atoms with Crippen LogP contribution in [0.25, 0.3) is 0 Å². The molecule has 0 aliphatic rings. The summed E-state index contributed by atoms with van der Waals surface area (Å²) in [6.07, 6.45) is 1.44. The van der Waals surface area contributed by atoms with E-state index in [4.69, 9.17) is 10.2 Å². The lowest BCUT2D eigenvalue weighted by molar-refractivity contribution is -0.121. The van der Waals surface area contributed by atoms with Crippen LogP contribution in [0.4, 0.5) is 0 Å². The Morgan fingerprint density at radius 3 is 2.35 bits per heavy atom. The van der Waals surface area contributed by atoms with Crippen LogP contribution in [0.5, 0.6) is 11.5 Å². The van der Waals surface area contributed by atoms with Crippen LogP contribution in [-0.2, 0) is 11.3 Å². The van der Waals surface area contributed by atoms with Crippen molar-refractivity contribution < 1.29 is 20.1 Å². The average molecular weight is 320 g/mol. The van der Waals surface area contributed by atoms with Gasteiger partial charge in [-0.25, -0.2) is 0 Å². The molecule has 2 aromatic rings. The summed E-state index contributed by atoms with van der Waals surface area (Å²) in [4.78, 5) is 22.4. The van der Waals surface area contributed by atoms with Crippen LogP contribution in [0.1, 0.15) is 5.69 Å². The third kappa shape index (κ3) is 6.23. The first-order chi connectivity index (χ1) is 11.0. The molecule has 0 spiro atoms. The van der Waals surface area contributed by atoms with E-state index in [-0.39, 0.29) is 31.4 Å². The largest absolute Gasteiger partial charge is 0.508 e. The molecule has 0 aliphatic carbocycles. The number of rotatable bonds is 4. The van der Waals surface area contributed by atoms with Crippen LogP contribution < -0.4 is 10.7 Å². The Morgan fingerprint density at radius 2 is 1.83 bits per heavy atom. The summed E-state index contributed by atoms with van der Waals surface area (Å²) in [5, 5.41) is 29.0. The molecule has 1 aromatic carbocycles. The Bertz CT molecular complexity index is 683. The Labute approximate surface area is 133 Å². The molecular formula is C16H20N2O5. The predicted octanol–water partition coefficient (Wildman–Crippen LogP) is 0.363. The van der Waals surface area contributed by atoms with Crippen molar-refractivity contribution in [2.45, 2.75) is 13.5 Å². The van der Waals surface area contributed by atoms with Gasteiger partial charge in [0.15, 0.2) is 5.75 Å². The van der Waals surface area contributed by atoms with Crippen LogP contribution >= 0.6 is 0 Å². The molecule has 7 nitrogen and oxygen atoms in total. The number of para-hydroxylation sites is 1. The van der Waals surface area contributed by atoms with Gasteiger partial charge in [0.1, 0.15) is 12.3 Å². The quantitative estimate of drug-likeness (QED) is 0.650. The minimum absolute atomic E-state index is 0.000324. The highest BCUT2D eigenvalue weighted by atomic mass is 16.3. The molecule has 0 unspecified atom stereocenters. The first-order valence-corrected chi connectivity index (χ1v) is 6.96. The van der Waals surface area contributed by atoms with E-state index in [9.17, 15) is 14.7 Å². The highest BCUT2D eigenvalue weighted by Crippen LogP contribution is 2.08. The lowest BCUT2D eigenvalue weighted by atomic mass is 10.3. The molecule has 23 heavy (non-hydrogen) atoms. The van der Waals surface area contributed by atoms with Gasteiger partial charge in [0.25, 0.3) is 0 Å². The Balaban J connectivity index is 0.000000313. The highest BCUT2D eigenvalue weighted by Gasteiger charge is 2.08. The molecule has 1 heterocycles. The molecule has 0 saturated carbocycles. The van der Waals surface area contributed by atoms with Gasteiger partial charge in [-0.2, -0.15) is 0 Å². The topological polar surface area (TPSA) is 112 Å². The standard InChI is InChI=1S/C10H14N2O4.C6H6O/c1-7-10(16)8(14)2-4-12(7)6-9(15)11-3-5-13;7-6-4-2-1-3-5-6/h2,4,13,16H,3,5-6H2,1H3,(H,11,15);1-5,7H. The average Bonchev–Trinajstić information content (AvgIpc) is 2.55. The number of hydrogen-bond donors (Lipinski definition) is 4. The molecule has 0 bridgehead atoms.